The quantitative estimate of drug-likeness (QED) is 0.900. The lowest BCUT2D eigenvalue weighted by Gasteiger charge is -2.14. The molecule has 2 aromatic rings. The van der Waals surface area contributed by atoms with Gasteiger partial charge in [-0.2, -0.15) is 0 Å². The highest BCUT2D eigenvalue weighted by Gasteiger charge is 2.18. The van der Waals surface area contributed by atoms with Crippen LogP contribution in [0.15, 0.2) is 34.9 Å². The lowest BCUT2D eigenvalue weighted by atomic mass is 10.0. The van der Waals surface area contributed by atoms with Crippen LogP contribution in [0.1, 0.15) is 29.9 Å². The van der Waals surface area contributed by atoms with E-state index in [1.165, 1.54) is 0 Å². The summed E-state index contributed by atoms with van der Waals surface area (Å²) in [6.07, 6.45) is 1.61. The van der Waals surface area contributed by atoms with Crippen LogP contribution in [0.2, 0.25) is 0 Å². The fraction of sp³-hybridized carbons (Fsp3) is 0.333. The van der Waals surface area contributed by atoms with E-state index in [1.54, 1.807) is 38.7 Å². The van der Waals surface area contributed by atoms with Crippen molar-refractivity contribution < 1.29 is 19.0 Å². The average Bonchev–Trinajstić information content (AvgIpc) is 2.94. The van der Waals surface area contributed by atoms with Gasteiger partial charge in [0.05, 0.1) is 20.5 Å². The predicted octanol–water partition coefficient (Wildman–Crippen LogP) is 2.94. The summed E-state index contributed by atoms with van der Waals surface area (Å²) in [5, 5.41) is 10.4. The van der Waals surface area contributed by atoms with E-state index in [0.29, 0.717) is 11.5 Å². The van der Waals surface area contributed by atoms with E-state index in [9.17, 15) is 5.11 Å². The van der Waals surface area contributed by atoms with Crippen molar-refractivity contribution in [3.8, 4) is 11.5 Å². The van der Waals surface area contributed by atoms with Gasteiger partial charge in [-0.1, -0.05) is 13.0 Å². The first-order valence-corrected chi connectivity index (χ1v) is 6.17. The minimum Gasteiger partial charge on any atom is -0.493 e. The molecule has 0 aliphatic heterocycles. The number of furan rings is 1. The van der Waals surface area contributed by atoms with Crippen molar-refractivity contribution in [1.82, 2.24) is 0 Å². The molecule has 0 radical (unpaired) electrons. The Morgan fingerprint density at radius 3 is 2.53 bits per heavy atom. The number of aryl methyl sites for hydroxylation is 1. The van der Waals surface area contributed by atoms with E-state index in [-0.39, 0.29) is 0 Å². The van der Waals surface area contributed by atoms with Gasteiger partial charge in [-0.05, 0) is 23.8 Å². The lowest BCUT2D eigenvalue weighted by molar-refractivity contribution is 0.216. The van der Waals surface area contributed by atoms with Crippen LogP contribution in [0.3, 0.4) is 0 Å². The second-order valence-electron chi connectivity index (χ2n) is 4.17. The number of methoxy groups -OCH3 is 2. The standard InChI is InChI=1S/C15H18O4/c1-4-12-11(7-8-19-12)15(16)10-5-6-13(17-2)14(9-10)18-3/h5-9,15-16H,4H2,1-3H3. The number of benzene rings is 1. The molecule has 0 aliphatic rings. The summed E-state index contributed by atoms with van der Waals surface area (Å²) < 4.78 is 15.8. The van der Waals surface area contributed by atoms with Gasteiger partial charge in [0.25, 0.3) is 0 Å². The fourth-order valence-corrected chi connectivity index (χ4v) is 2.08. The van der Waals surface area contributed by atoms with Gasteiger partial charge >= 0.3 is 0 Å². The number of aliphatic hydroxyl groups excluding tert-OH is 1. The van der Waals surface area contributed by atoms with Crippen molar-refractivity contribution in [1.29, 1.82) is 0 Å². The zero-order valence-corrected chi connectivity index (χ0v) is 11.3. The van der Waals surface area contributed by atoms with Crippen LogP contribution < -0.4 is 9.47 Å². The van der Waals surface area contributed by atoms with Crippen LogP contribution in [0, 0.1) is 0 Å². The number of hydrogen-bond acceptors (Lipinski definition) is 4. The summed E-state index contributed by atoms with van der Waals surface area (Å²) in [5.74, 6) is 2.03. The molecule has 102 valence electrons. The fourth-order valence-electron chi connectivity index (χ4n) is 2.08. The van der Waals surface area contributed by atoms with Crippen LogP contribution in [0.5, 0.6) is 11.5 Å². The largest absolute Gasteiger partial charge is 0.493 e. The van der Waals surface area contributed by atoms with E-state index in [0.717, 1.165) is 23.3 Å². The second kappa shape index (κ2) is 5.80. The molecule has 2 rings (SSSR count). The predicted molar refractivity (Wildman–Crippen MR) is 71.7 cm³/mol. The van der Waals surface area contributed by atoms with E-state index in [4.69, 9.17) is 13.9 Å². The number of aliphatic hydroxyl groups is 1. The Balaban J connectivity index is 2.36. The Morgan fingerprint density at radius 1 is 1.16 bits per heavy atom. The van der Waals surface area contributed by atoms with Crippen molar-refractivity contribution in [3.63, 3.8) is 0 Å². The molecular weight excluding hydrogens is 244 g/mol. The minimum absolute atomic E-state index is 0.598. The minimum atomic E-state index is -0.728. The monoisotopic (exact) mass is 262 g/mol. The molecule has 0 saturated heterocycles. The Bertz CT molecular complexity index is 545. The number of rotatable bonds is 5. The SMILES string of the molecule is CCc1occc1C(O)c1ccc(OC)c(OC)c1. The van der Waals surface area contributed by atoms with Gasteiger partial charge in [-0.25, -0.2) is 0 Å². The van der Waals surface area contributed by atoms with E-state index in [2.05, 4.69) is 0 Å². The first-order chi connectivity index (χ1) is 9.21. The molecule has 0 amide bonds. The molecule has 1 unspecified atom stereocenters. The molecule has 1 heterocycles. The molecule has 4 nitrogen and oxygen atoms in total. The van der Waals surface area contributed by atoms with Crippen molar-refractivity contribution in [2.45, 2.75) is 19.4 Å². The van der Waals surface area contributed by atoms with E-state index >= 15 is 0 Å². The second-order valence-corrected chi connectivity index (χ2v) is 4.17. The highest BCUT2D eigenvalue weighted by atomic mass is 16.5. The summed E-state index contributed by atoms with van der Waals surface area (Å²) >= 11 is 0. The topological polar surface area (TPSA) is 51.8 Å². The van der Waals surface area contributed by atoms with Gasteiger partial charge in [-0.15, -0.1) is 0 Å². The molecular formula is C15H18O4. The molecule has 19 heavy (non-hydrogen) atoms. The average molecular weight is 262 g/mol. The summed E-state index contributed by atoms with van der Waals surface area (Å²) in [6.45, 7) is 1.99. The molecule has 1 atom stereocenters. The highest BCUT2D eigenvalue weighted by molar-refractivity contribution is 5.45. The van der Waals surface area contributed by atoms with Gasteiger partial charge in [0.1, 0.15) is 11.9 Å². The van der Waals surface area contributed by atoms with Gasteiger partial charge in [0.15, 0.2) is 11.5 Å². The van der Waals surface area contributed by atoms with Crippen molar-refractivity contribution in [2.75, 3.05) is 14.2 Å². The zero-order valence-electron chi connectivity index (χ0n) is 11.3. The van der Waals surface area contributed by atoms with Crippen molar-refractivity contribution >= 4 is 0 Å². The van der Waals surface area contributed by atoms with Gasteiger partial charge in [0.2, 0.25) is 0 Å². The molecule has 1 aromatic heterocycles. The van der Waals surface area contributed by atoms with Gasteiger partial charge in [-0.3, -0.25) is 0 Å². The third-order valence-corrected chi connectivity index (χ3v) is 3.12. The van der Waals surface area contributed by atoms with Gasteiger partial charge < -0.3 is 19.0 Å². The van der Waals surface area contributed by atoms with Crippen LogP contribution in [0.25, 0.3) is 0 Å². The van der Waals surface area contributed by atoms with E-state index < -0.39 is 6.10 Å². The molecule has 0 fully saturated rings. The maximum Gasteiger partial charge on any atom is 0.161 e. The Kier molecular flexibility index (Phi) is 4.12. The van der Waals surface area contributed by atoms with Crippen molar-refractivity contribution in [3.05, 3.63) is 47.4 Å². The Labute approximate surface area is 112 Å². The van der Waals surface area contributed by atoms with Crippen molar-refractivity contribution in [2.24, 2.45) is 0 Å². The van der Waals surface area contributed by atoms with Gasteiger partial charge in [0, 0.05) is 12.0 Å². The number of ether oxygens (including phenoxy) is 2. The third kappa shape index (κ3) is 2.58. The smallest absolute Gasteiger partial charge is 0.161 e. The first kappa shape index (κ1) is 13.5. The van der Waals surface area contributed by atoms with Crippen LogP contribution in [-0.2, 0) is 6.42 Å². The molecule has 0 saturated carbocycles. The van der Waals surface area contributed by atoms with Crippen LogP contribution >= 0.6 is 0 Å². The Hall–Kier alpha value is -1.94. The molecule has 1 aromatic carbocycles. The molecule has 4 heteroatoms. The van der Waals surface area contributed by atoms with Crippen LogP contribution in [0.4, 0.5) is 0 Å². The highest BCUT2D eigenvalue weighted by Crippen LogP contribution is 2.33. The lowest BCUT2D eigenvalue weighted by Crippen LogP contribution is -2.02. The summed E-state index contributed by atoms with van der Waals surface area (Å²) in [7, 11) is 3.16. The third-order valence-electron chi connectivity index (χ3n) is 3.12. The molecule has 0 aliphatic carbocycles. The molecule has 0 spiro atoms. The summed E-state index contributed by atoms with van der Waals surface area (Å²) in [5.41, 5.74) is 1.53. The first-order valence-electron chi connectivity index (χ1n) is 6.17. The zero-order chi connectivity index (χ0) is 13.8. The molecule has 0 bridgehead atoms. The maximum atomic E-state index is 10.4. The summed E-state index contributed by atoms with van der Waals surface area (Å²) in [4.78, 5) is 0. The molecule has 1 N–H and O–H groups in total. The summed E-state index contributed by atoms with van der Waals surface area (Å²) in [6, 6.07) is 7.16. The van der Waals surface area contributed by atoms with E-state index in [1.807, 2.05) is 13.0 Å². The van der Waals surface area contributed by atoms with Crippen LogP contribution in [-0.4, -0.2) is 19.3 Å². The Morgan fingerprint density at radius 2 is 1.89 bits per heavy atom. The number of hydrogen-bond donors (Lipinski definition) is 1. The maximum absolute atomic E-state index is 10.4. The normalized spacial score (nSPS) is 12.2.